The van der Waals surface area contributed by atoms with Gasteiger partial charge in [0.25, 0.3) is 0 Å². The maximum absolute atomic E-state index is 12.8. The van der Waals surface area contributed by atoms with Gasteiger partial charge in [0.1, 0.15) is 10.3 Å². The second-order valence-corrected chi connectivity index (χ2v) is 9.42. The van der Waals surface area contributed by atoms with Crippen LogP contribution in [0.5, 0.6) is 0 Å². The lowest BCUT2D eigenvalue weighted by Gasteiger charge is -2.35. The molecule has 2 aromatic heterocycles. The third-order valence-electron chi connectivity index (χ3n) is 5.14. The molecule has 3 aromatic rings. The van der Waals surface area contributed by atoms with Crippen molar-refractivity contribution < 1.29 is 13.9 Å². The monoisotopic (exact) mass is 441 g/mol. The Kier molecular flexibility index (Phi) is 5.66. The number of rotatable bonds is 3. The van der Waals surface area contributed by atoms with Gasteiger partial charge in [-0.2, -0.15) is 0 Å². The summed E-state index contributed by atoms with van der Waals surface area (Å²) in [6.45, 7) is 7.74. The van der Waals surface area contributed by atoms with E-state index in [1.54, 1.807) is 11.0 Å². The van der Waals surface area contributed by atoms with Crippen molar-refractivity contribution in [3.05, 3.63) is 45.9 Å². The summed E-state index contributed by atoms with van der Waals surface area (Å²) in [5.41, 5.74) is 2.93. The minimum atomic E-state index is -0.522. The van der Waals surface area contributed by atoms with E-state index in [2.05, 4.69) is 5.32 Å². The summed E-state index contributed by atoms with van der Waals surface area (Å²) >= 11 is 1.40. The maximum Gasteiger partial charge on any atom is 0.410 e. The Balaban J connectivity index is 1.58. The Bertz CT molecular complexity index is 1150. The van der Waals surface area contributed by atoms with Crippen molar-refractivity contribution in [3.8, 4) is 11.1 Å². The quantitative estimate of drug-likeness (QED) is 0.639. The number of piperazine rings is 1. The Morgan fingerprint density at radius 2 is 1.90 bits per heavy atom. The number of carbonyl (C=O) groups is 1. The Labute approximate surface area is 185 Å². The van der Waals surface area contributed by atoms with Crippen LogP contribution in [-0.2, 0) is 4.74 Å². The molecule has 0 radical (unpaired) electrons. The zero-order chi connectivity index (χ0) is 22.2. The minimum Gasteiger partial charge on any atom is -0.444 e. The molecule has 7 nitrogen and oxygen atoms in total. The summed E-state index contributed by atoms with van der Waals surface area (Å²) < 4.78 is 12.3. The molecule has 4 rings (SSSR count). The number of fused-ring (bicyclic) bond motifs is 1. The average Bonchev–Trinajstić information content (AvgIpc) is 3.17. The van der Waals surface area contributed by atoms with Gasteiger partial charge in [-0.1, -0.05) is 12.1 Å². The van der Waals surface area contributed by atoms with Crippen LogP contribution in [0.2, 0.25) is 0 Å². The lowest BCUT2D eigenvalue weighted by molar-refractivity contribution is 0.0239. The van der Waals surface area contributed by atoms with Gasteiger partial charge in [0.2, 0.25) is 5.43 Å². The molecule has 1 aliphatic heterocycles. The normalized spacial score (nSPS) is 14.7. The van der Waals surface area contributed by atoms with Crippen LogP contribution in [-0.4, -0.2) is 49.8 Å². The molecule has 1 amide bonds. The molecule has 1 aromatic carbocycles. The molecule has 31 heavy (non-hydrogen) atoms. The number of benzene rings is 1. The van der Waals surface area contributed by atoms with E-state index in [9.17, 15) is 9.59 Å². The number of hydrogen-bond acceptors (Lipinski definition) is 7. The first kappa shape index (κ1) is 21.2. The zero-order valence-corrected chi connectivity index (χ0v) is 19.0. The van der Waals surface area contributed by atoms with Gasteiger partial charge < -0.3 is 24.3 Å². The van der Waals surface area contributed by atoms with E-state index < -0.39 is 5.60 Å². The van der Waals surface area contributed by atoms with E-state index in [0.717, 1.165) is 16.8 Å². The van der Waals surface area contributed by atoms with Crippen molar-refractivity contribution in [2.75, 3.05) is 43.4 Å². The van der Waals surface area contributed by atoms with Crippen LogP contribution in [0.25, 0.3) is 21.4 Å². The van der Waals surface area contributed by atoms with Crippen LogP contribution in [0.3, 0.4) is 0 Å². The molecule has 0 unspecified atom stereocenters. The van der Waals surface area contributed by atoms with Crippen LogP contribution < -0.4 is 15.6 Å². The summed E-state index contributed by atoms with van der Waals surface area (Å²) in [5.74, 6) is 0.533. The lowest BCUT2D eigenvalue weighted by Crippen LogP contribution is -2.50. The van der Waals surface area contributed by atoms with Gasteiger partial charge in [0, 0.05) is 55.9 Å². The van der Waals surface area contributed by atoms with Crippen molar-refractivity contribution in [1.29, 1.82) is 0 Å². The highest BCUT2D eigenvalue weighted by Gasteiger charge is 2.27. The van der Waals surface area contributed by atoms with Crippen molar-refractivity contribution in [2.45, 2.75) is 26.4 Å². The maximum atomic E-state index is 12.8. The van der Waals surface area contributed by atoms with E-state index in [1.165, 1.54) is 11.3 Å². The fourth-order valence-corrected chi connectivity index (χ4v) is 4.48. The first-order valence-electron chi connectivity index (χ1n) is 10.3. The Hall–Kier alpha value is -3.00. The molecule has 3 heterocycles. The van der Waals surface area contributed by atoms with Crippen molar-refractivity contribution in [1.82, 2.24) is 4.90 Å². The molecule has 1 aliphatic rings. The predicted octanol–water partition coefficient (Wildman–Crippen LogP) is 4.62. The molecule has 0 spiro atoms. The summed E-state index contributed by atoms with van der Waals surface area (Å²) in [5, 5.41) is 5.11. The van der Waals surface area contributed by atoms with Crippen LogP contribution in [0.15, 0.2) is 44.9 Å². The number of nitrogens with zero attached hydrogens (tertiary/aromatic N) is 2. The highest BCUT2D eigenvalue weighted by Crippen LogP contribution is 2.35. The van der Waals surface area contributed by atoms with E-state index in [-0.39, 0.29) is 11.5 Å². The van der Waals surface area contributed by atoms with E-state index >= 15 is 0 Å². The van der Waals surface area contributed by atoms with Crippen LogP contribution in [0.1, 0.15) is 20.8 Å². The standard InChI is InChI=1S/C23H27N3O4S/c1-23(2,3)30-22(28)26-10-8-25(9-11-26)19-13-18(27)21-20(29-19)17(14-31-21)15-6-5-7-16(12-15)24-4/h5-7,12-14,24H,8-11H2,1-4H3. The van der Waals surface area contributed by atoms with E-state index in [4.69, 9.17) is 9.15 Å². The van der Waals surface area contributed by atoms with Crippen LogP contribution in [0, 0.1) is 0 Å². The second-order valence-electron chi connectivity index (χ2n) is 8.54. The first-order valence-corrected chi connectivity index (χ1v) is 11.2. The van der Waals surface area contributed by atoms with Gasteiger partial charge in [0.05, 0.1) is 0 Å². The van der Waals surface area contributed by atoms with Gasteiger partial charge in [-0.3, -0.25) is 4.79 Å². The van der Waals surface area contributed by atoms with Gasteiger partial charge in [0.15, 0.2) is 11.5 Å². The number of anilines is 2. The molecule has 1 fully saturated rings. The summed E-state index contributed by atoms with van der Waals surface area (Å²) in [7, 11) is 1.87. The molecule has 1 saturated heterocycles. The number of amides is 1. The van der Waals surface area contributed by atoms with Gasteiger partial charge >= 0.3 is 6.09 Å². The third kappa shape index (κ3) is 4.54. The average molecular weight is 442 g/mol. The highest BCUT2D eigenvalue weighted by molar-refractivity contribution is 7.17. The number of hydrogen-bond donors (Lipinski definition) is 1. The Morgan fingerprint density at radius 3 is 2.58 bits per heavy atom. The van der Waals surface area contributed by atoms with Gasteiger partial charge in [-0.25, -0.2) is 4.79 Å². The predicted molar refractivity (Wildman–Crippen MR) is 125 cm³/mol. The summed E-state index contributed by atoms with van der Waals surface area (Å²) in [6, 6.07) is 9.56. The topological polar surface area (TPSA) is 75.0 Å². The number of carbonyl (C=O) groups excluding carboxylic acids is 1. The van der Waals surface area contributed by atoms with Crippen molar-refractivity contribution in [2.24, 2.45) is 0 Å². The molecular formula is C23H27N3O4S. The largest absolute Gasteiger partial charge is 0.444 e. The summed E-state index contributed by atoms with van der Waals surface area (Å²) in [4.78, 5) is 28.8. The molecule has 0 bridgehead atoms. The van der Waals surface area contributed by atoms with E-state index in [1.807, 2.05) is 62.4 Å². The number of thiophene rings is 1. The number of nitrogens with one attached hydrogen (secondary N) is 1. The van der Waals surface area contributed by atoms with E-state index in [0.29, 0.717) is 42.3 Å². The smallest absolute Gasteiger partial charge is 0.410 e. The lowest BCUT2D eigenvalue weighted by atomic mass is 10.1. The molecule has 164 valence electrons. The fraction of sp³-hybridized carbons (Fsp3) is 0.391. The van der Waals surface area contributed by atoms with Gasteiger partial charge in [-0.05, 0) is 38.5 Å². The number of ether oxygens (including phenoxy) is 1. The van der Waals surface area contributed by atoms with Crippen LogP contribution in [0.4, 0.5) is 16.4 Å². The molecule has 0 saturated carbocycles. The molecule has 0 aliphatic carbocycles. The van der Waals surface area contributed by atoms with Crippen LogP contribution >= 0.6 is 11.3 Å². The SMILES string of the molecule is CNc1cccc(-c2csc3c(=O)cc(N4CCN(C(=O)OC(C)(C)C)CC4)oc23)c1. The van der Waals surface area contributed by atoms with Crippen molar-refractivity contribution >= 4 is 39.3 Å². The highest BCUT2D eigenvalue weighted by atomic mass is 32.1. The second kappa shape index (κ2) is 8.26. The molecule has 1 N–H and O–H groups in total. The third-order valence-corrected chi connectivity index (χ3v) is 6.11. The minimum absolute atomic E-state index is 0.0492. The Morgan fingerprint density at radius 1 is 1.16 bits per heavy atom. The zero-order valence-electron chi connectivity index (χ0n) is 18.2. The van der Waals surface area contributed by atoms with Crippen molar-refractivity contribution in [3.63, 3.8) is 0 Å². The first-order chi connectivity index (χ1) is 14.7. The van der Waals surface area contributed by atoms with Gasteiger partial charge in [-0.15, -0.1) is 11.3 Å². The molecular weight excluding hydrogens is 414 g/mol. The molecule has 8 heteroatoms. The summed E-state index contributed by atoms with van der Waals surface area (Å²) in [6.07, 6.45) is -0.311. The fourth-order valence-electron chi connectivity index (χ4n) is 3.56. The molecule has 0 atom stereocenters.